The van der Waals surface area contributed by atoms with Crippen molar-refractivity contribution < 1.29 is 4.79 Å². The summed E-state index contributed by atoms with van der Waals surface area (Å²) in [5.41, 5.74) is 7.93. The van der Waals surface area contributed by atoms with Gasteiger partial charge >= 0.3 is 6.03 Å². The number of hydrogen-bond acceptors (Lipinski definition) is 3. The molecule has 6 heteroatoms. The number of pyridine rings is 1. The lowest BCUT2D eigenvalue weighted by molar-refractivity contribution is 0.197. The van der Waals surface area contributed by atoms with Crippen LogP contribution in [0.25, 0.3) is 5.69 Å². The average Bonchev–Trinajstić information content (AvgIpc) is 3.50. The minimum Gasteiger partial charge on any atom is -0.331 e. The highest BCUT2D eigenvalue weighted by Crippen LogP contribution is 2.49. The van der Waals surface area contributed by atoms with Crippen LogP contribution >= 0.6 is 0 Å². The van der Waals surface area contributed by atoms with E-state index in [9.17, 15) is 4.79 Å². The van der Waals surface area contributed by atoms with Gasteiger partial charge in [0.25, 0.3) is 0 Å². The molecule has 182 valence electrons. The molecule has 6 nitrogen and oxygen atoms in total. The monoisotopic (exact) mass is 469 g/mol. The highest BCUT2D eigenvalue weighted by atomic mass is 16.2. The van der Waals surface area contributed by atoms with Crippen LogP contribution in [0.15, 0.2) is 72.2 Å². The summed E-state index contributed by atoms with van der Waals surface area (Å²) in [5.74, 6) is 0.790. The zero-order valence-electron chi connectivity index (χ0n) is 20.9. The Morgan fingerprint density at radius 2 is 1.94 bits per heavy atom. The van der Waals surface area contributed by atoms with Crippen LogP contribution in [-0.4, -0.2) is 38.8 Å². The van der Waals surface area contributed by atoms with Crippen molar-refractivity contribution in [3.05, 3.63) is 89.0 Å². The molecule has 0 saturated carbocycles. The summed E-state index contributed by atoms with van der Waals surface area (Å²) >= 11 is 0. The fourth-order valence-corrected chi connectivity index (χ4v) is 6.03. The van der Waals surface area contributed by atoms with Crippen molar-refractivity contribution in [2.45, 2.75) is 58.4 Å². The van der Waals surface area contributed by atoms with E-state index in [2.05, 4.69) is 52.2 Å². The molecule has 0 aliphatic heterocycles. The van der Waals surface area contributed by atoms with Crippen molar-refractivity contribution in [1.82, 2.24) is 25.0 Å². The van der Waals surface area contributed by atoms with E-state index in [1.807, 2.05) is 43.3 Å². The summed E-state index contributed by atoms with van der Waals surface area (Å²) < 4.78 is 2.06. The number of nitrogens with zero attached hydrogens (tertiary/aromatic N) is 4. The second kappa shape index (κ2) is 10.1. The Labute approximate surface area is 208 Å². The lowest BCUT2D eigenvalue weighted by atomic mass is 9.78. The van der Waals surface area contributed by atoms with Gasteiger partial charge in [-0.25, -0.2) is 9.48 Å². The number of fused-ring (bicyclic) bond motifs is 1. The second-order valence-electron chi connectivity index (χ2n) is 9.68. The van der Waals surface area contributed by atoms with Gasteiger partial charge in [-0.2, -0.15) is 5.10 Å². The molecule has 1 aromatic carbocycles. The molecule has 0 spiro atoms. The highest BCUT2D eigenvalue weighted by Gasteiger charge is 2.37. The number of carbonyl (C=O) groups excluding carboxylic acids is 1. The van der Waals surface area contributed by atoms with E-state index in [-0.39, 0.29) is 12.1 Å². The topological polar surface area (TPSA) is 63.1 Å². The second-order valence-corrected chi connectivity index (χ2v) is 9.68. The first-order chi connectivity index (χ1) is 17.1. The van der Waals surface area contributed by atoms with Gasteiger partial charge in [-0.3, -0.25) is 4.98 Å². The number of allylic oxidation sites excluding steroid dienone is 2. The molecule has 0 saturated heterocycles. The minimum absolute atomic E-state index is 0.00661. The Morgan fingerprint density at radius 1 is 1.14 bits per heavy atom. The van der Waals surface area contributed by atoms with Gasteiger partial charge in [0, 0.05) is 37.2 Å². The maximum atomic E-state index is 13.0. The van der Waals surface area contributed by atoms with E-state index in [1.54, 1.807) is 17.3 Å². The smallest absolute Gasteiger partial charge is 0.317 e. The number of urea groups is 1. The summed E-state index contributed by atoms with van der Waals surface area (Å²) in [5, 5.41) is 8.10. The number of benzene rings is 1. The molecule has 1 N–H and O–H groups in total. The van der Waals surface area contributed by atoms with E-state index in [0.29, 0.717) is 24.9 Å². The van der Waals surface area contributed by atoms with Crippen LogP contribution < -0.4 is 5.32 Å². The third kappa shape index (κ3) is 4.49. The number of hydrogen-bond donors (Lipinski definition) is 1. The van der Waals surface area contributed by atoms with Gasteiger partial charge < -0.3 is 10.2 Å². The maximum Gasteiger partial charge on any atom is 0.317 e. The quantitative estimate of drug-likeness (QED) is 0.444. The molecule has 0 radical (unpaired) electrons. The summed E-state index contributed by atoms with van der Waals surface area (Å²) in [6, 6.07) is 14.5. The van der Waals surface area contributed by atoms with Crippen molar-refractivity contribution >= 4 is 6.03 Å². The first-order valence-electron chi connectivity index (χ1n) is 12.9. The van der Waals surface area contributed by atoms with E-state index < -0.39 is 0 Å². The Balaban J connectivity index is 1.40. The Bertz CT molecular complexity index is 1200. The molecule has 0 fully saturated rings. The average molecular weight is 470 g/mol. The van der Waals surface area contributed by atoms with E-state index >= 15 is 0 Å². The van der Waals surface area contributed by atoms with Gasteiger partial charge in [0.2, 0.25) is 0 Å². The lowest BCUT2D eigenvalue weighted by Gasteiger charge is -2.31. The normalized spacial score (nSPS) is 19.7. The van der Waals surface area contributed by atoms with Crippen LogP contribution in [0.1, 0.15) is 68.8 Å². The van der Waals surface area contributed by atoms with Gasteiger partial charge in [0.15, 0.2) is 0 Å². The Morgan fingerprint density at radius 3 is 2.66 bits per heavy atom. The molecule has 2 aliphatic rings. The first-order valence-corrected chi connectivity index (χ1v) is 12.9. The number of carbonyl (C=O) groups is 1. The van der Waals surface area contributed by atoms with Crippen molar-refractivity contribution in [2.24, 2.45) is 5.92 Å². The fourth-order valence-electron chi connectivity index (χ4n) is 6.03. The molecular weight excluding hydrogens is 434 g/mol. The van der Waals surface area contributed by atoms with Crippen LogP contribution in [-0.2, 0) is 6.42 Å². The SMILES string of the molecule is CCN(CC)C(=O)NC(C[C@H]1CCC2=C1[C@@H](C)c1cnn(-c3cccnc3)c1C2)c1ccccc1. The Hall–Kier alpha value is -3.41. The van der Waals surface area contributed by atoms with Gasteiger partial charge in [0.1, 0.15) is 0 Å². The summed E-state index contributed by atoms with van der Waals surface area (Å²) in [4.78, 5) is 19.1. The van der Waals surface area contributed by atoms with Crippen molar-refractivity contribution in [1.29, 1.82) is 0 Å². The van der Waals surface area contributed by atoms with Gasteiger partial charge in [-0.15, -0.1) is 0 Å². The third-order valence-corrected chi connectivity index (χ3v) is 7.82. The molecule has 2 aliphatic carbocycles. The minimum atomic E-state index is -0.00661. The molecular formula is C29H35N5O. The number of aromatic nitrogens is 3. The van der Waals surface area contributed by atoms with Crippen LogP contribution in [0, 0.1) is 5.92 Å². The Kier molecular flexibility index (Phi) is 6.71. The molecule has 2 aromatic heterocycles. The molecule has 5 rings (SSSR count). The van der Waals surface area contributed by atoms with E-state index in [4.69, 9.17) is 5.10 Å². The van der Waals surface area contributed by atoms with Gasteiger partial charge in [-0.05, 0) is 56.7 Å². The molecule has 1 unspecified atom stereocenters. The van der Waals surface area contributed by atoms with Crippen LogP contribution in [0.2, 0.25) is 0 Å². The highest BCUT2D eigenvalue weighted by molar-refractivity contribution is 5.74. The molecule has 0 bridgehead atoms. The van der Waals surface area contributed by atoms with Crippen LogP contribution in [0.5, 0.6) is 0 Å². The molecule has 3 atom stereocenters. The summed E-state index contributed by atoms with van der Waals surface area (Å²) in [7, 11) is 0. The van der Waals surface area contributed by atoms with Gasteiger partial charge in [0.05, 0.1) is 29.8 Å². The summed E-state index contributed by atoms with van der Waals surface area (Å²) in [6.45, 7) is 7.81. The van der Waals surface area contributed by atoms with E-state index in [1.165, 1.54) is 16.8 Å². The van der Waals surface area contributed by atoms with Crippen LogP contribution in [0.4, 0.5) is 4.79 Å². The predicted octanol–water partition coefficient (Wildman–Crippen LogP) is 5.82. The molecule has 3 aromatic rings. The molecule has 2 heterocycles. The zero-order valence-corrected chi connectivity index (χ0v) is 20.9. The third-order valence-electron chi connectivity index (χ3n) is 7.82. The summed E-state index contributed by atoms with van der Waals surface area (Å²) in [6.07, 6.45) is 9.85. The van der Waals surface area contributed by atoms with E-state index in [0.717, 1.165) is 31.4 Å². The van der Waals surface area contributed by atoms with Gasteiger partial charge in [-0.1, -0.05) is 48.4 Å². The maximum absolute atomic E-state index is 13.0. The zero-order chi connectivity index (χ0) is 24.4. The lowest BCUT2D eigenvalue weighted by Crippen LogP contribution is -2.42. The first kappa shape index (κ1) is 23.3. The van der Waals surface area contributed by atoms with Crippen molar-refractivity contribution in [2.75, 3.05) is 13.1 Å². The molecule has 35 heavy (non-hydrogen) atoms. The van der Waals surface area contributed by atoms with Crippen molar-refractivity contribution in [3.63, 3.8) is 0 Å². The standard InChI is InChI=1S/C29H35N5O/c1-4-33(5-2)29(35)32-26(21-10-7-6-8-11-21)16-22-13-14-23-17-27-25(20(3)28(22)23)19-31-34(27)24-12-9-15-30-18-24/h6-12,15,18-20,22,26H,4-5,13-14,16-17H2,1-3H3,(H,32,35)/t20-,22+,26?/m0/s1. The number of amides is 2. The van der Waals surface area contributed by atoms with Crippen LogP contribution in [0.3, 0.4) is 0 Å². The largest absolute Gasteiger partial charge is 0.331 e. The van der Waals surface area contributed by atoms with Crippen molar-refractivity contribution in [3.8, 4) is 5.69 Å². The number of nitrogens with one attached hydrogen (secondary N) is 1. The fraction of sp³-hybridized carbons (Fsp3) is 0.414. The number of rotatable bonds is 7. The predicted molar refractivity (Wildman–Crippen MR) is 138 cm³/mol. The molecule has 2 amide bonds.